The highest BCUT2D eigenvalue weighted by molar-refractivity contribution is 7.90. The lowest BCUT2D eigenvalue weighted by Gasteiger charge is -2.34. The van der Waals surface area contributed by atoms with E-state index in [1.165, 1.54) is 6.07 Å². The third-order valence-electron chi connectivity index (χ3n) is 3.03. The van der Waals surface area contributed by atoms with Crippen LogP contribution >= 0.6 is 12.4 Å². The molecular weight excluding hydrogens is 291 g/mol. The number of nitrogens with one attached hydrogen (secondary N) is 1. The van der Waals surface area contributed by atoms with Crippen molar-refractivity contribution < 1.29 is 12.8 Å². The predicted octanol–water partition coefficient (Wildman–Crippen LogP) is 1.45. The zero-order chi connectivity index (χ0) is 13.3. The molecule has 1 unspecified atom stereocenters. The summed E-state index contributed by atoms with van der Waals surface area (Å²) >= 11 is 0. The zero-order valence-electron chi connectivity index (χ0n) is 10.9. The Labute approximate surface area is 119 Å². The largest absolute Gasteiger partial charge is 0.368 e. The molecule has 0 aliphatic carbocycles. The van der Waals surface area contributed by atoms with Gasteiger partial charge in [-0.25, -0.2) is 12.8 Å². The first-order valence-electron chi connectivity index (χ1n) is 5.86. The average Bonchev–Trinajstić information content (AvgIpc) is 2.27. The number of nitrogens with zero attached hydrogens (tertiary/aromatic N) is 1. The Morgan fingerprint density at radius 2 is 2.11 bits per heavy atom. The molecule has 0 saturated carbocycles. The number of rotatable bonds is 2. The zero-order valence-corrected chi connectivity index (χ0v) is 12.5. The third-order valence-corrected chi connectivity index (χ3v) is 4.16. The van der Waals surface area contributed by atoms with Crippen LogP contribution in [0.1, 0.15) is 6.92 Å². The monoisotopic (exact) mass is 308 g/mol. The highest BCUT2D eigenvalue weighted by Crippen LogP contribution is 2.27. The van der Waals surface area contributed by atoms with Crippen molar-refractivity contribution in [2.75, 3.05) is 30.8 Å². The van der Waals surface area contributed by atoms with E-state index in [1.807, 2.05) is 11.8 Å². The summed E-state index contributed by atoms with van der Waals surface area (Å²) < 4.78 is 36.7. The average molecular weight is 309 g/mol. The molecule has 0 radical (unpaired) electrons. The second-order valence-electron chi connectivity index (χ2n) is 4.69. The van der Waals surface area contributed by atoms with Crippen molar-refractivity contribution in [1.29, 1.82) is 0 Å². The van der Waals surface area contributed by atoms with Crippen molar-refractivity contribution in [3.8, 4) is 0 Å². The van der Waals surface area contributed by atoms with Crippen LogP contribution in [0.15, 0.2) is 23.1 Å². The van der Waals surface area contributed by atoms with Crippen LogP contribution in [0.4, 0.5) is 10.1 Å². The molecule has 1 fully saturated rings. The maximum Gasteiger partial charge on any atom is 0.177 e. The molecule has 0 amide bonds. The number of benzene rings is 1. The van der Waals surface area contributed by atoms with Crippen LogP contribution in [-0.4, -0.2) is 40.3 Å². The van der Waals surface area contributed by atoms with Gasteiger partial charge in [-0.2, -0.15) is 0 Å². The normalized spacial score (nSPS) is 19.9. The molecule has 1 aliphatic heterocycles. The smallest absolute Gasteiger partial charge is 0.177 e. The van der Waals surface area contributed by atoms with E-state index in [4.69, 9.17) is 0 Å². The van der Waals surface area contributed by atoms with Crippen LogP contribution in [-0.2, 0) is 9.84 Å². The molecule has 1 saturated heterocycles. The van der Waals surface area contributed by atoms with E-state index in [9.17, 15) is 12.8 Å². The van der Waals surface area contributed by atoms with Crippen molar-refractivity contribution in [3.05, 3.63) is 24.0 Å². The highest BCUT2D eigenvalue weighted by Gasteiger charge is 2.22. The van der Waals surface area contributed by atoms with Crippen LogP contribution in [0.2, 0.25) is 0 Å². The lowest BCUT2D eigenvalue weighted by atomic mass is 10.2. The first-order chi connectivity index (χ1) is 8.38. The summed E-state index contributed by atoms with van der Waals surface area (Å²) in [6.45, 7) is 4.27. The number of hydrogen-bond donors (Lipinski definition) is 1. The summed E-state index contributed by atoms with van der Waals surface area (Å²) in [4.78, 5) is 2.05. The molecule has 4 nitrogen and oxygen atoms in total. The van der Waals surface area contributed by atoms with Crippen molar-refractivity contribution in [3.63, 3.8) is 0 Å². The first kappa shape index (κ1) is 16.2. The molecule has 0 spiro atoms. The van der Waals surface area contributed by atoms with Crippen molar-refractivity contribution in [2.24, 2.45) is 0 Å². The van der Waals surface area contributed by atoms with Gasteiger partial charge < -0.3 is 10.2 Å². The molecule has 2 rings (SSSR count). The lowest BCUT2D eigenvalue weighted by molar-refractivity contribution is 0.482. The number of halogens is 2. The molecule has 7 heteroatoms. The third kappa shape index (κ3) is 3.81. The quantitative estimate of drug-likeness (QED) is 0.898. The number of piperazine rings is 1. The van der Waals surface area contributed by atoms with Crippen molar-refractivity contribution in [1.82, 2.24) is 5.32 Å². The summed E-state index contributed by atoms with van der Waals surface area (Å²) in [5.74, 6) is -0.526. The standard InChI is InChI=1S/C12H17FN2O2S.ClH/c1-9-8-15(6-5-14-9)11-4-3-10(13)7-12(11)18(2,16)17;/h3-4,7,9,14H,5-6,8H2,1-2H3;1H. The van der Waals surface area contributed by atoms with E-state index >= 15 is 0 Å². The van der Waals surface area contributed by atoms with Gasteiger partial charge in [0.05, 0.1) is 10.6 Å². The van der Waals surface area contributed by atoms with Gasteiger partial charge >= 0.3 is 0 Å². The summed E-state index contributed by atoms with van der Waals surface area (Å²) in [5, 5.41) is 3.29. The molecule has 108 valence electrons. The van der Waals surface area contributed by atoms with Crippen LogP contribution < -0.4 is 10.2 Å². The van der Waals surface area contributed by atoms with E-state index in [0.29, 0.717) is 12.2 Å². The summed E-state index contributed by atoms with van der Waals surface area (Å²) in [7, 11) is -3.42. The van der Waals surface area contributed by atoms with Gasteiger partial charge in [-0.05, 0) is 25.1 Å². The Morgan fingerprint density at radius 1 is 1.42 bits per heavy atom. The second-order valence-corrected chi connectivity index (χ2v) is 6.67. The Bertz CT molecular complexity index is 551. The fourth-order valence-electron chi connectivity index (χ4n) is 2.20. The van der Waals surface area contributed by atoms with E-state index in [-0.39, 0.29) is 23.3 Å². The summed E-state index contributed by atoms with van der Waals surface area (Å²) in [5.41, 5.74) is 0.590. The molecule has 1 aliphatic rings. The predicted molar refractivity (Wildman–Crippen MR) is 76.4 cm³/mol. The second kappa shape index (κ2) is 6.07. The minimum Gasteiger partial charge on any atom is -0.368 e. The summed E-state index contributed by atoms with van der Waals surface area (Å²) in [6, 6.07) is 4.23. The van der Waals surface area contributed by atoms with E-state index in [1.54, 1.807) is 6.07 Å². The molecular formula is C12H18ClFN2O2S. The van der Waals surface area contributed by atoms with Crippen LogP contribution in [0, 0.1) is 5.82 Å². The summed E-state index contributed by atoms with van der Waals surface area (Å²) in [6.07, 6.45) is 1.11. The van der Waals surface area contributed by atoms with E-state index in [2.05, 4.69) is 5.32 Å². The molecule has 19 heavy (non-hydrogen) atoms. The molecule has 1 aromatic carbocycles. The highest BCUT2D eigenvalue weighted by atomic mass is 35.5. The molecule has 1 N–H and O–H groups in total. The topological polar surface area (TPSA) is 49.4 Å². The van der Waals surface area contributed by atoms with Crippen LogP contribution in [0.3, 0.4) is 0 Å². The SMILES string of the molecule is CC1CN(c2ccc(F)cc2S(C)(=O)=O)CCN1.Cl. The molecule has 1 atom stereocenters. The van der Waals surface area contributed by atoms with E-state index in [0.717, 1.165) is 25.4 Å². The Kier molecular flexibility index (Phi) is 5.18. The Hall–Kier alpha value is -0.850. The van der Waals surface area contributed by atoms with Gasteiger partial charge in [0.1, 0.15) is 5.82 Å². The van der Waals surface area contributed by atoms with E-state index < -0.39 is 15.7 Å². The van der Waals surface area contributed by atoms with Gasteiger partial charge in [-0.3, -0.25) is 0 Å². The van der Waals surface area contributed by atoms with Crippen LogP contribution in [0.5, 0.6) is 0 Å². The minimum atomic E-state index is -3.42. The lowest BCUT2D eigenvalue weighted by Crippen LogP contribution is -2.49. The van der Waals surface area contributed by atoms with Gasteiger partial charge in [0.2, 0.25) is 0 Å². The Balaban J connectivity index is 0.00000180. The number of anilines is 1. The van der Waals surface area contributed by atoms with Gasteiger partial charge in [0.15, 0.2) is 9.84 Å². The molecule has 1 aromatic rings. The van der Waals surface area contributed by atoms with Crippen molar-refractivity contribution >= 4 is 27.9 Å². The number of hydrogen-bond acceptors (Lipinski definition) is 4. The number of sulfone groups is 1. The van der Waals surface area contributed by atoms with Gasteiger partial charge in [-0.1, -0.05) is 0 Å². The van der Waals surface area contributed by atoms with Gasteiger partial charge in [-0.15, -0.1) is 12.4 Å². The maximum atomic E-state index is 13.2. The molecule has 0 aromatic heterocycles. The van der Waals surface area contributed by atoms with Gasteiger partial charge in [0.25, 0.3) is 0 Å². The fraction of sp³-hybridized carbons (Fsp3) is 0.500. The molecule has 0 bridgehead atoms. The fourth-order valence-corrected chi connectivity index (χ4v) is 3.10. The van der Waals surface area contributed by atoms with Crippen molar-refractivity contribution in [2.45, 2.75) is 17.9 Å². The molecule has 1 heterocycles. The maximum absolute atomic E-state index is 13.2. The minimum absolute atomic E-state index is 0. The first-order valence-corrected chi connectivity index (χ1v) is 7.75. The Morgan fingerprint density at radius 3 is 2.68 bits per heavy atom. The van der Waals surface area contributed by atoms with Crippen LogP contribution in [0.25, 0.3) is 0 Å². The van der Waals surface area contributed by atoms with Gasteiger partial charge in [0, 0.05) is 31.9 Å².